The average Bonchev–Trinajstić information content (AvgIpc) is 3.18. The van der Waals surface area contributed by atoms with E-state index >= 15 is 0 Å². The number of nitrogens with zero attached hydrogens (tertiary/aromatic N) is 3. The Kier molecular flexibility index (Phi) is 7.87. The Labute approximate surface area is 199 Å². The van der Waals surface area contributed by atoms with Crippen molar-refractivity contribution in [3.05, 3.63) is 53.6 Å². The van der Waals surface area contributed by atoms with Gasteiger partial charge < -0.3 is 10.2 Å². The monoisotopic (exact) mass is 472 g/mol. The van der Waals surface area contributed by atoms with Crippen molar-refractivity contribution in [1.29, 1.82) is 0 Å². The summed E-state index contributed by atoms with van der Waals surface area (Å²) in [6.45, 7) is 9.29. The van der Waals surface area contributed by atoms with Crippen molar-refractivity contribution in [2.75, 3.05) is 42.9 Å². The molecule has 0 atom stereocenters. The minimum atomic E-state index is -0.168. The lowest BCUT2D eigenvalue weighted by molar-refractivity contribution is -0.114. The van der Waals surface area contributed by atoms with Gasteiger partial charge in [0.05, 0.1) is 16.9 Å². The molecule has 1 saturated heterocycles. The molecule has 3 aromatic rings. The number of anilines is 2. The summed E-state index contributed by atoms with van der Waals surface area (Å²) >= 11 is 1.53. The van der Waals surface area contributed by atoms with E-state index in [9.17, 15) is 9.59 Å². The molecule has 0 aliphatic carbocycles. The molecule has 8 heteroatoms. The molecule has 6 nitrogen and oxygen atoms in total. The summed E-state index contributed by atoms with van der Waals surface area (Å²) in [5.74, 6) is 1.24. The molecule has 1 fully saturated rings. The van der Waals surface area contributed by atoms with Gasteiger partial charge in [0.25, 0.3) is 0 Å². The zero-order chi connectivity index (χ0) is 22.0. The second-order valence-corrected chi connectivity index (χ2v) is 9.13. The molecule has 4 rings (SSSR count). The van der Waals surface area contributed by atoms with Gasteiger partial charge in [-0.1, -0.05) is 32.0 Å². The van der Waals surface area contributed by atoms with Crippen LogP contribution < -0.4 is 10.2 Å². The van der Waals surface area contributed by atoms with E-state index < -0.39 is 0 Å². The van der Waals surface area contributed by atoms with E-state index in [0.29, 0.717) is 23.7 Å². The Bertz CT molecular complexity index is 1110. The van der Waals surface area contributed by atoms with E-state index in [-0.39, 0.29) is 24.1 Å². The van der Waals surface area contributed by atoms with Crippen LogP contribution in [0.5, 0.6) is 0 Å². The van der Waals surface area contributed by atoms with Crippen molar-refractivity contribution in [1.82, 2.24) is 9.27 Å². The van der Waals surface area contributed by atoms with Crippen LogP contribution in [0, 0.1) is 0 Å². The minimum absolute atomic E-state index is 0. The van der Waals surface area contributed by atoms with Crippen LogP contribution in [0.3, 0.4) is 0 Å². The molecule has 0 radical (unpaired) electrons. The molecule has 1 amide bonds. The van der Waals surface area contributed by atoms with Crippen LogP contribution in [0.1, 0.15) is 42.6 Å². The topological polar surface area (TPSA) is 65.5 Å². The molecular formula is C24H29ClN4O2S. The lowest BCUT2D eigenvalue weighted by atomic mass is 9.98. The molecule has 0 bridgehead atoms. The number of aromatic nitrogens is 1. The predicted molar refractivity (Wildman–Crippen MR) is 135 cm³/mol. The van der Waals surface area contributed by atoms with E-state index in [2.05, 4.69) is 45.5 Å². The molecule has 1 N–H and O–H groups in total. The highest BCUT2D eigenvalue weighted by atomic mass is 35.5. The van der Waals surface area contributed by atoms with Crippen LogP contribution in [0.25, 0.3) is 10.1 Å². The van der Waals surface area contributed by atoms with Gasteiger partial charge in [0, 0.05) is 44.1 Å². The first-order valence-corrected chi connectivity index (χ1v) is 11.5. The maximum atomic E-state index is 13.1. The molecule has 170 valence electrons. The number of nitrogens with one attached hydrogen (secondary N) is 1. The number of benzene rings is 2. The number of Topliss-reactive ketones (excluding diaryl/α,β-unsaturated/α-hetero) is 1. The fraction of sp³-hybridized carbons (Fsp3) is 0.375. The average molecular weight is 473 g/mol. The predicted octanol–water partition coefficient (Wildman–Crippen LogP) is 4.80. The normalized spacial score (nSPS) is 14.4. The van der Waals surface area contributed by atoms with Gasteiger partial charge in [-0.25, -0.2) is 0 Å². The smallest absolute Gasteiger partial charge is 0.221 e. The van der Waals surface area contributed by atoms with Crippen LogP contribution in [-0.2, 0) is 4.79 Å². The molecule has 2 heterocycles. The molecule has 0 spiro atoms. The van der Waals surface area contributed by atoms with E-state index in [1.165, 1.54) is 28.5 Å². The quantitative estimate of drug-likeness (QED) is 0.522. The number of carbonyl (C=O) groups is 2. The number of ketones is 1. The molecule has 2 aromatic carbocycles. The lowest BCUT2D eigenvalue weighted by Crippen LogP contribution is -2.48. The van der Waals surface area contributed by atoms with E-state index in [4.69, 9.17) is 0 Å². The van der Waals surface area contributed by atoms with Crippen LogP contribution in [0.4, 0.5) is 11.5 Å². The number of hydrogen-bond donors (Lipinski definition) is 1. The summed E-state index contributed by atoms with van der Waals surface area (Å²) in [5, 5.41) is 4.03. The van der Waals surface area contributed by atoms with Gasteiger partial charge in [0.1, 0.15) is 5.82 Å². The van der Waals surface area contributed by atoms with Gasteiger partial charge in [-0.05, 0) is 47.3 Å². The maximum absolute atomic E-state index is 13.1. The molecule has 32 heavy (non-hydrogen) atoms. The number of fused-ring (bicyclic) bond motifs is 1. The first-order chi connectivity index (χ1) is 14.9. The van der Waals surface area contributed by atoms with Crippen LogP contribution in [0.15, 0.2) is 42.5 Å². The van der Waals surface area contributed by atoms with Crippen LogP contribution in [0.2, 0.25) is 0 Å². The summed E-state index contributed by atoms with van der Waals surface area (Å²) < 4.78 is 5.86. The fourth-order valence-electron chi connectivity index (χ4n) is 3.96. The van der Waals surface area contributed by atoms with Gasteiger partial charge in [-0.3, -0.25) is 14.5 Å². The number of rotatable bonds is 6. The Morgan fingerprint density at radius 3 is 2.50 bits per heavy atom. The van der Waals surface area contributed by atoms with Gasteiger partial charge in [0.2, 0.25) is 5.91 Å². The Morgan fingerprint density at radius 1 is 1.09 bits per heavy atom. The first-order valence-electron chi connectivity index (χ1n) is 10.7. The lowest BCUT2D eigenvalue weighted by Gasteiger charge is -2.34. The van der Waals surface area contributed by atoms with Crippen molar-refractivity contribution in [2.24, 2.45) is 0 Å². The molecular weight excluding hydrogens is 444 g/mol. The minimum Gasteiger partial charge on any atom is -0.353 e. The van der Waals surface area contributed by atoms with Gasteiger partial charge in [0.15, 0.2) is 5.78 Å². The zero-order valence-electron chi connectivity index (χ0n) is 18.6. The SMILES string of the molecule is CC(=O)Nc1cc(C(C)C)ccc1C(=O)CN1CCN(c2nsc3ccccc23)CC1.Cl. The van der Waals surface area contributed by atoms with Crippen molar-refractivity contribution in [3.63, 3.8) is 0 Å². The van der Waals surface area contributed by atoms with E-state index in [1.54, 1.807) is 0 Å². The van der Waals surface area contributed by atoms with Gasteiger partial charge in [-0.2, -0.15) is 4.37 Å². The number of carbonyl (C=O) groups excluding carboxylic acids is 2. The highest BCUT2D eigenvalue weighted by molar-refractivity contribution is 7.13. The zero-order valence-corrected chi connectivity index (χ0v) is 20.3. The number of hydrogen-bond acceptors (Lipinski definition) is 6. The number of piperazine rings is 1. The number of amides is 1. The third-order valence-electron chi connectivity index (χ3n) is 5.72. The van der Waals surface area contributed by atoms with Crippen molar-refractivity contribution < 1.29 is 9.59 Å². The van der Waals surface area contributed by atoms with Crippen molar-refractivity contribution in [3.8, 4) is 0 Å². The van der Waals surface area contributed by atoms with Crippen molar-refractivity contribution in [2.45, 2.75) is 26.7 Å². The summed E-state index contributed by atoms with van der Waals surface area (Å²) in [5.41, 5.74) is 2.29. The van der Waals surface area contributed by atoms with Crippen LogP contribution >= 0.6 is 23.9 Å². The number of halogens is 1. The molecule has 1 aliphatic heterocycles. The fourth-order valence-corrected chi connectivity index (χ4v) is 4.76. The summed E-state index contributed by atoms with van der Waals surface area (Å²) in [7, 11) is 0. The second-order valence-electron chi connectivity index (χ2n) is 8.33. The highest BCUT2D eigenvalue weighted by Crippen LogP contribution is 2.30. The highest BCUT2D eigenvalue weighted by Gasteiger charge is 2.23. The molecule has 1 aromatic heterocycles. The Hall–Kier alpha value is -2.48. The summed E-state index contributed by atoms with van der Waals surface area (Å²) in [6.07, 6.45) is 0. The van der Waals surface area contributed by atoms with Crippen molar-refractivity contribution >= 4 is 57.2 Å². The Balaban J connectivity index is 0.00000289. The first kappa shape index (κ1) is 24.2. The van der Waals surface area contributed by atoms with Crippen LogP contribution in [-0.4, -0.2) is 53.7 Å². The maximum Gasteiger partial charge on any atom is 0.221 e. The second kappa shape index (κ2) is 10.4. The third-order valence-corrected chi connectivity index (χ3v) is 6.54. The van der Waals surface area contributed by atoms with E-state index in [0.717, 1.165) is 37.6 Å². The largest absolute Gasteiger partial charge is 0.353 e. The van der Waals surface area contributed by atoms with Gasteiger partial charge >= 0.3 is 0 Å². The molecule has 0 unspecified atom stereocenters. The molecule has 1 aliphatic rings. The Morgan fingerprint density at radius 2 is 1.81 bits per heavy atom. The summed E-state index contributed by atoms with van der Waals surface area (Å²) in [6, 6.07) is 14.1. The molecule has 0 saturated carbocycles. The van der Waals surface area contributed by atoms with Gasteiger partial charge in [-0.15, -0.1) is 12.4 Å². The van der Waals surface area contributed by atoms with E-state index in [1.807, 2.05) is 30.3 Å². The third kappa shape index (κ3) is 5.28. The standard InChI is InChI=1S/C24H28N4O2S.ClH/c1-16(2)18-8-9-19(21(14-18)25-17(3)29)22(30)15-27-10-12-28(13-11-27)24-20-6-4-5-7-23(20)31-26-24;/h4-9,14,16H,10-13,15H2,1-3H3,(H,25,29);1H. The summed E-state index contributed by atoms with van der Waals surface area (Å²) in [4.78, 5) is 29.2.